The molecule has 0 bridgehead atoms. The Kier molecular flexibility index (Phi) is 4.65. The van der Waals surface area contributed by atoms with E-state index < -0.39 is 5.78 Å². The van der Waals surface area contributed by atoms with Crippen molar-refractivity contribution in [3.05, 3.63) is 34.6 Å². The molecule has 0 saturated heterocycles. The molecule has 0 radical (unpaired) electrons. The van der Waals surface area contributed by atoms with Gasteiger partial charge in [0.25, 0.3) is 0 Å². The molecule has 0 fully saturated rings. The van der Waals surface area contributed by atoms with E-state index in [1.165, 1.54) is 11.6 Å². The number of aliphatic hydroxyl groups excluding tert-OH is 1. The van der Waals surface area contributed by atoms with Gasteiger partial charge >= 0.3 is 0 Å². The van der Waals surface area contributed by atoms with Crippen molar-refractivity contribution in [2.45, 2.75) is 40.5 Å². The second-order valence-corrected chi connectivity index (χ2v) is 5.04. The maximum atomic E-state index is 11.8. The Morgan fingerprint density at radius 3 is 2.56 bits per heavy atom. The SMILES string of the molecule is CC(C)=CCC[C@@H](C)C1=C(O)C(=O)C(C)=CC1=O. The Balaban J connectivity index is 2.85. The van der Waals surface area contributed by atoms with Crippen LogP contribution >= 0.6 is 0 Å². The number of hydrogen-bond donors (Lipinski definition) is 1. The molecule has 18 heavy (non-hydrogen) atoms. The number of ketones is 2. The maximum Gasteiger partial charge on any atom is 0.223 e. The summed E-state index contributed by atoms with van der Waals surface area (Å²) in [4.78, 5) is 23.5. The van der Waals surface area contributed by atoms with Gasteiger partial charge in [-0.25, -0.2) is 0 Å². The summed E-state index contributed by atoms with van der Waals surface area (Å²) in [6, 6.07) is 0. The highest BCUT2D eigenvalue weighted by atomic mass is 16.3. The molecule has 0 spiro atoms. The molecule has 0 aromatic carbocycles. The predicted molar refractivity (Wildman–Crippen MR) is 71.3 cm³/mol. The molecule has 3 nitrogen and oxygen atoms in total. The van der Waals surface area contributed by atoms with Crippen molar-refractivity contribution in [1.29, 1.82) is 0 Å². The van der Waals surface area contributed by atoms with E-state index in [2.05, 4.69) is 6.08 Å². The van der Waals surface area contributed by atoms with Crippen LogP contribution in [0.15, 0.2) is 34.6 Å². The monoisotopic (exact) mass is 248 g/mol. The highest BCUT2D eigenvalue weighted by Crippen LogP contribution is 2.26. The van der Waals surface area contributed by atoms with E-state index in [4.69, 9.17) is 0 Å². The topological polar surface area (TPSA) is 54.4 Å². The number of aliphatic hydroxyl groups is 1. The zero-order valence-electron chi connectivity index (χ0n) is 11.4. The third-order valence-corrected chi connectivity index (χ3v) is 3.09. The summed E-state index contributed by atoms with van der Waals surface area (Å²) < 4.78 is 0. The molecule has 1 rings (SSSR count). The summed E-state index contributed by atoms with van der Waals surface area (Å²) in [5.74, 6) is -1.15. The predicted octanol–water partition coefficient (Wildman–Crippen LogP) is 3.28. The first-order chi connectivity index (χ1) is 8.34. The number of rotatable bonds is 4. The molecule has 1 aliphatic rings. The third kappa shape index (κ3) is 3.19. The minimum Gasteiger partial charge on any atom is -0.504 e. The summed E-state index contributed by atoms with van der Waals surface area (Å²) >= 11 is 0. The van der Waals surface area contributed by atoms with Gasteiger partial charge in [0.2, 0.25) is 5.78 Å². The van der Waals surface area contributed by atoms with Crippen LogP contribution in [-0.4, -0.2) is 16.7 Å². The molecule has 0 aromatic heterocycles. The largest absolute Gasteiger partial charge is 0.504 e. The van der Waals surface area contributed by atoms with Crippen LogP contribution in [0, 0.1) is 5.92 Å². The van der Waals surface area contributed by atoms with Crippen molar-refractivity contribution in [1.82, 2.24) is 0 Å². The number of carbonyl (C=O) groups is 2. The summed E-state index contributed by atoms with van der Waals surface area (Å²) in [6.45, 7) is 7.44. The van der Waals surface area contributed by atoms with Crippen molar-refractivity contribution >= 4 is 11.6 Å². The fourth-order valence-corrected chi connectivity index (χ4v) is 2.01. The lowest BCUT2D eigenvalue weighted by atomic mass is 9.86. The lowest BCUT2D eigenvalue weighted by Crippen LogP contribution is -2.22. The zero-order valence-corrected chi connectivity index (χ0v) is 11.4. The molecule has 0 saturated carbocycles. The Labute approximate surface area is 108 Å². The fourth-order valence-electron chi connectivity index (χ4n) is 2.01. The Bertz CT molecular complexity index is 460. The van der Waals surface area contributed by atoms with E-state index in [1.807, 2.05) is 20.8 Å². The standard InChI is InChI=1S/C15H20O3/c1-9(2)6-5-7-10(3)13-12(16)8-11(4)14(17)15(13)18/h6,8,10,18H,5,7H2,1-4H3/t10-/m1/s1. The van der Waals surface area contributed by atoms with Gasteiger partial charge in [-0.15, -0.1) is 0 Å². The second-order valence-electron chi connectivity index (χ2n) is 5.04. The molecule has 0 aromatic rings. The van der Waals surface area contributed by atoms with Gasteiger partial charge in [-0.05, 0) is 45.6 Å². The van der Waals surface area contributed by atoms with E-state index in [1.54, 1.807) is 6.92 Å². The van der Waals surface area contributed by atoms with E-state index in [0.717, 1.165) is 12.8 Å². The van der Waals surface area contributed by atoms with Gasteiger partial charge in [0.15, 0.2) is 11.5 Å². The van der Waals surface area contributed by atoms with Gasteiger partial charge in [-0.2, -0.15) is 0 Å². The van der Waals surface area contributed by atoms with Crippen molar-refractivity contribution in [2.75, 3.05) is 0 Å². The van der Waals surface area contributed by atoms with Gasteiger partial charge in [-0.3, -0.25) is 9.59 Å². The molecule has 1 N–H and O–H groups in total. The minimum atomic E-state index is -0.432. The zero-order chi connectivity index (χ0) is 13.9. The fraction of sp³-hybridized carbons (Fsp3) is 0.467. The molecule has 3 heteroatoms. The van der Waals surface area contributed by atoms with Crippen molar-refractivity contribution < 1.29 is 14.7 Å². The normalized spacial score (nSPS) is 17.7. The smallest absolute Gasteiger partial charge is 0.223 e. The molecule has 0 unspecified atom stereocenters. The number of Topliss-reactive ketones (excluding diaryl/α,β-unsaturated/α-hetero) is 1. The molecule has 0 amide bonds. The lowest BCUT2D eigenvalue weighted by molar-refractivity contribution is -0.118. The maximum absolute atomic E-state index is 11.8. The highest BCUT2D eigenvalue weighted by molar-refractivity contribution is 6.21. The van der Waals surface area contributed by atoms with E-state index in [-0.39, 0.29) is 23.0 Å². The first-order valence-corrected chi connectivity index (χ1v) is 6.18. The van der Waals surface area contributed by atoms with Gasteiger partial charge in [0.05, 0.1) is 0 Å². The van der Waals surface area contributed by atoms with Crippen molar-refractivity contribution in [2.24, 2.45) is 5.92 Å². The second kappa shape index (κ2) is 5.80. The van der Waals surface area contributed by atoms with Crippen LogP contribution in [0.5, 0.6) is 0 Å². The van der Waals surface area contributed by atoms with Crippen LogP contribution in [0.25, 0.3) is 0 Å². The van der Waals surface area contributed by atoms with Gasteiger partial charge in [0, 0.05) is 11.1 Å². The third-order valence-electron chi connectivity index (χ3n) is 3.09. The minimum absolute atomic E-state index is 0.110. The van der Waals surface area contributed by atoms with Gasteiger partial charge in [0.1, 0.15) is 0 Å². The molecular weight excluding hydrogens is 228 g/mol. The van der Waals surface area contributed by atoms with Crippen LogP contribution in [0.3, 0.4) is 0 Å². The van der Waals surface area contributed by atoms with Crippen LogP contribution < -0.4 is 0 Å². The van der Waals surface area contributed by atoms with Crippen molar-refractivity contribution in [3.63, 3.8) is 0 Å². The molecule has 0 heterocycles. The summed E-state index contributed by atoms with van der Waals surface area (Å²) in [7, 11) is 0. The van der Waals surface area contributed by atoms with Crippen LogP contribution in [0.1, 0.15) is 40.5 Å². The van der Waals surface area contributed by atoms with Crippen LogP contribution in [0.4, 0.5) is 0 Å². The van der Waals surface area contributed by atoms with Crippen LogP contribution in [0.2, 0.25) is 0 Å². The summed E-state index contributed by atoms with van der Waals surface area (Å²) in [5.41, 5.74) is 1.78. The number of hydrogen-bond acceptors (Lipinski definition) is 3. The average molecular weight is 248 g/mol. The molecule has 98 valence electrons. The lowest BCUT2D eigenvalue weighted by Gasteiger charge is -2.18. The van der Waals surface area contributed by atoms with Crippen molar-refractivity contribution in [3.8, 4) is 0 Å². The Morgan fingerprint density at radius 1 is 1.39 bits per heavy atom. The van der Waals surface area contributed by atoms with E-state index >= 15 is 0 Å². The highest BCUT2D eigenvalue weighted by Gasteiger charge is 2.29. The quantitative estimate of drug-likeness (QED) is 0.613. The molecule has 0 aliphatic heterocycles. The number of carbonyl (C=O) groups excluding carboxylic acids is 2. The molecule has 1 aliphatic carbocycles. The Hall–Kier alpha value is -1.64. The summed E-state index contributed by atoms with van der Waals surface area (Å²) in [5, 5.41) is 9.81. The number of allylic oxidation sites excluding steroid dienone is 5. The first-order valence-electron chi connectivity index (χ1n) is 6.18. The van der Waals surface area contributed by atoms with Crippen LogP contribution in [-0.2, 0) is 9.59 Å². The first kappa shape index (κ1) is 14.4. The van der Waals surface area contributed by atoms with Gasteiger partial charge in [-0.1, -0.05) is 18.6 Å². The Morgan fingerprint density at radius 2 is 2.00 bits per heavy atom. The van der Waals surface area contributed by atoms with E-state index in [9.17, 15) is 14.7 Å². The molecular formula is C15H20O3. The van der Waals surface area contributed by atoms with E-state index in [0.29, 0.717) is 5.57 Å². The molecule has 1 atom stereocenters. The summed E-state index contributed by atoms with van der Waals surface area (Å²) in [6.07, 6.45) is 4.99. The van der Waals surface area contributed by atoms with Gasteiger partial charge < -0.3 is 5.11 Å². The average Bonchev–Trinajstić information content (AvgIpc) is 2.25.